The molecule has 1 N–H and O–H groups in total. The molecule has 0 radical (unpaired) electrons. The summed E-state index contributed by atoms with van der Waals surface area (Å²) < 4.78 is 10.7. The van der Waals surface area contributed by atoms with Gasteiger partial charge in [0, 0.05) is 37.1 Å². The molecule has 1 saturated heterocycles. The molecule has 0 spiro atoms. The highest BCUT2D eigenvalue weighted by atomic mass is 16.5. The predicted molar refractivity (Wildman–Crippen MR) is 112 cm³/mol. The summed E-state index contributed by atoms with van der Waals surface area (Å²) >= 11 is 0. The standard InChI is InChI=1S/C22H23N5O4/c1-15-14-18(26-31-15)25-20(28)19(16-6-3-2-4-7-16)30-21(29)17-8-12-27(13-9-17)22-23-10-5-11-24-22/h2-7,10-11,14,17,19H,8-9,12-13H2,1H3,(H,25,26,28). The number of carbonyl (C=O) groups excluding carboxylic acids is 2. The molecule has 1 unspecified atom stereocenters. The van der Waals surface area contributed by atoms with Crippen LogP contribution in [0.15, 0.2) is 59.4 Å². The lowest BCUT2D eigenvalue weighted by atomic mass is 9.97. The third kappa shape index (κ3) is 5.06. The summed E-state index contributed by atoms with van der Waals surface area (Å²) in [5.74, 6) is 0.317. The number of carbonyl (C=O) groups is 2. The average Bonchev–Trinajstić information content (AvgIpc) is 3.23. The average molecular weight is 421 g/mol. The predicted octanol–water partition coefficient (Wildman–Crippen LogP) is 2.91. The zero-order chi connectivity index (χ0) is 21.6. The van der Waals surface area contributed by atoms with Crippen LogP contribution in [0.2, 0.25) is 0 Å². The quantitative estimate of drug-likeness (QED) is 0.605. The summed E-state index contributed by atoms with van der Waals surface area (Å²) in [4.78, 5) is 36.3. The second-order valence-corrected chi connectivity index (χ2v) is 7.35. The summed E-state index contributed by atoms with van der Waals surface area (Å²) in [5, 5.41) is 6.43. The lowest BCUT2D eigenvalue weighted by Gasteiger charge is -2.31. The first-order valence-electron chi connectivity index (χ1n) is 10.1. The van der Waals surface area contributed by atoms with E-state index in [1.807, 2.05) is 11.0 Å². The van der Waals surface area contributed by atoms with Gasteiger partial charge in [-0.25, -0.2) is 9.97 Å². The van der Waals surface area contributed by atoms with E-state index < -0.39 is 18.0 Å². The maximum Gasteiger partial charge on any atom is 0.310 e. The van der Waals surface area contributed by atoms with Crippen molar-refractivity contribution in [1.82, 2.24) is 15.1 Å². The van der Waals surface area contributed by atoms with Gasteiger partial charge in [-0.15, -0.1) is 0 Å². The maximum atomic E-state index is 12.9. The van der Waals surface area contributed by atoms with Crippen molar-refractivity contribution in [3.63, 3.8) is 0 Å². The van der Waals surface area contributed by atoms with Gasteiger partial charge in [0.1, 0.15) is 5.76 Å². The molecule has 31 heavy (non-hydrogen) atoms. The molecule has 1 fully saturated rings. The highest BCUT2D eigenvalue weighted by Gasteiger charge is 2.32. The van der Waals surface area contributed by atoms with Crippen molar-refractivity contribution < 1.29 is 18.8 Å². The van der Waals surface area contributed by atoms with Crippen molar-refractivity contribution in [3.05, 3.63) is 66.2 Å². The van der Waals surface area contributed by atoms with Gasteiger partial charge in [0.05, 0.1) is 5.92 Å². The van der Waals surface area contributed by atoms with Gasteiger partial charge in [0.25, 0.3) is 5.91 Å². The molecular formula is C22H23N5O4. The number of amides is 1. The Balaban J connectivity index is 1.42. The molecule has 2 aromatic heterocycles. The van der Waals surface area contributed by atoms with Crippen LogP contribution in [0.5, 0.6) is 0 Å². The minimum Gasteiger partial charge on any atom is -0.447 e. The van der Waals surface area contributed by atoms with Gasteiger partial charge >= 0.3 is 5.97 Å². The molecule has 1 amide bonds. The van der Waals surface area contributed by atoms with Gasteiger partial charge in [-0.2, -0.15) is 0 Å². The van der Waals surface area contributed by atoms with Crippen molar-refractivity contribution in [1.29, 1.82) is 0 Å². The highest BCUT2D eigenvalue weighted by Crippen LogP contribution is 2.26. The number of nitrogens with one attached hydrogen (secondary N) is 1. The molecule has 4 rings (SSSR count). The Bertz CT molecular complexity index is 1020. The Hall–Kier alpha value is -3.75. The molecule has 9 nitrogen and oxygen atoms in total. The van der Waals surface area contributed by atoms with Crippen molar-refractivity contribution in [2.24, 2.45) is 5.92 Å². The number of esters is 1. The lowest BCUT2D eigenvalue weighted by Crippen LogP contribution is -2.38. The van der Waals surface area contributed by atoms with Crippen LogP contribution in [-0.4, -0.2) is 40.1 Å². The van der Waals surface area contributed by atoms with Crippen LogP contribution < -0.4 is 10.2 Å². The second kappa shape index (κ2) is 9.38. The van der Waals surface area contributed by atoms with E-state index in [1.165, 1.54) is 0 Å². The SMILES string of the molecule is Cc1cc(NC(=O)C(OC(=O)C2CCN(c3ncccn3)CC2)c2ccccc2)no1. The molecule has 1 atom stereocenters. The monoisotopic (exact) mass is 421 g/mol. The minimum absolute atomic E-state index is 0.274. The Morgan fingerprint density at radius 1 is 1.13 bits per heavy atom. The van der Waals surface area contributed by atoms with Crippen LogP contribution in [-0.2, 0) is 14.3 Å². The van der Waals surface area contributed by atoms with Gasteiger partial charge in [-0.3, -0.25) is 9.59 Å². The Kier molecular flexibility index (Phi) is 6.21. The molecule has 0 saturated carbocycles. The molecule has 1 aromatic carbocycles. The van der Waals surface area contributed by atoms with Crippen molar-refractivity contribution in [2.75, 3.05) is 23.3 Å². The van der Waals surface area contributed by atoms with Crippen molar-refractivity contribution in [2.45, 2.75) is 25.9 Å². The fourth-order valence-corrected chi connectivity index (χ4v) is 3.50. The summed E-state index contributed by atoms with van der Waals surface area (Å²) in [7, 11) is 0. The van der Waals surface area contributed by atoms with E-state index >= 15 is 0 Å². The van der Waals surface area contributed by atoms with Gasteiger partial charge in [0.2, 0.25) is 12.1 Å². The van der Waals surface area contributed by atoms with E-state index in [1.54, 1.807) is 55.7 Å². The van der Waals surface area contributed by atoms with Crippen molar-refractivity contribution in [3.8, 4) is 0 Å². The van der Waals surface area contributed by atoms with Crippen LogP contribution in [0.25, 0.3) is 0 Å². The Morgan fingerprint density at radius 2 is 1.84 bits per heavy atom. The van der Waals surface area contributed by atoms with Crippen LogP contribution in [0.1, 0.15) is 30.3 Å². The zero-order valence-electron chi connectivity index (χ0n) is 17.1. The topological polar surface area (TPSA) is 110 Å². The van der Waals surface area contributed by atoms with E-state index in [2.05, 4.69) is 20.4 Å². The molecular weight excluding hydrogens is 398 g/mol. The number of rotatable bonds is 6. The highest BCUT2D eigenvalue weighted by molar-refractivity contribution is 5.95. The third-order valence-electron chi connectivity index (χ3n) is 5.12. The first-order valence-corrected chi connectivity index (χ1v) is 10.1. The number of hydrogen-bond acceptors (Lipinski definition) is 8. The Labute approximate surface area is 179 Å². The van der Waals surface area contributed by atoms with Crippen molar-refractivity contribution >= 4 is 23.6 Å². The number of hydrogen-bond donors (Lipinski definition) is 1. The molecule has 3 heterocycles. The largest absolute Gasteiger partial charge is 0.447 e. The van der Waals surface area contributed by atoms with Gasteiger partial charge < -0.3 is 19.5 Å². The van der Waals surface area contributed by atoms with Gasteiger partial charge in [-0.1, -0.05) is 35.5 Å². The van der Waals surface area contributed by atoms with E-state index in [-0.39, 0.29) is 11.7 Å². The lowest BCUT2D eigenvalue weighted by molar-refractivity contribution is -0.159. The van der Waals surface area contributed by atoms with Crippen LogP contribution in [0, 0.1) is 12.8 Å². The second-order valence-electron chi connectivity index (χ2n) is 7.35. The molecule has 9 heteroatoms. The molecule has 1 aliphatic rings. The van der Waals surface area contributed by atoms with E-state index in [4.69, 9.17) is 9.26 Å². The summed E-state index contributed by atoms with van der Waals surface area (Å²) in [5.41, 5.74) is 0.587. The normalized spacial score (nSPS) is 15.3. The number of aryl methyl sites for hydroxylation is 1. The smallest absolute Gasteiger partial charge is 0.310 e. The van der Waals surface area contributed by atoms with E-state index in [0.29, 0.717) is 43.2 Å². The number of aromatic nitrogens is 3. The third-order valence-corrected chi connectivity index (χ3v) is 5.12. The molecule has 3 aromatic rings. The number of piperidine rings is 1. The summed E-state index contributed by atoms with van der Waals surface area (Å²) in [6, 6.07) is 12.3. The Morgan fingerprint density at radius 3 is 2.48 bits per heavy atom. The van der Waals surface area contributed by atoms with Gasteiger partial charge in [-0.05, 0) is 25.8 Å². The minimum atomic E-state index is -1.08. The van der Waals surface area contributed by atoms with Crippen LogP contribution >= 0.6 is 0 Å². The zero-order valence-corrected chi connectivity index (χ0v) is 17.1. The number of anilines is 2. The van der Waals surface area contributed by atoms with E-state index in [9.17, 15) is 9.59 Å². The molecule has 160 valence electrons. The van der Waals surface area contributed by atoms with Crippen LogP contribution in [0.4, 0.5) is 11.8 Å². The number of nitrogens with zero attached hydrogens (tertiary/aromatic N) is 4. The van der Waals surface area contributed by atoms with Gasteiger partial charge in [0.15, 0.2) is 5.82 Å². The number of ether oxygens (including phenoxy) is 1. The first-order chi connectivity index (χ1) is 15.1. The molecule has 0 bridgehead atoms. The number of benzene rings is 1. The van der Waals surface area contributed by atoms with Crippen LogP contribution in [0.3, 0.4) is 0 Å². The fraction of sp³-hybridized carbons (Fsp3) is 0.318. The summed E-state index contributed by atoms with van der Waals surface area (Å²) in [6.07, 6.45) is 3.51. The maximum absolute atomic E-state index is 12.9. The first kappa shape index (κ1) is 20.5. The molecule has 1 aliphatic heterocycles. The molecule has 0 aliphatic carbocycles. The fourth-order valence-electron chi connectivity index (χ4n) is 3.50. The van der Waals surface area contributed by atoms with E-state index in [0.717, 1.165) is 0 Å². The summed E-state index contributed by atoms with van der Waals surface area (Å²) in [6.45, 7) is 3.01.